The van der Waals surface area contributed by atoms with Crippen LogP contribution < -0.4 is 4.72 Å². The minimum Gasteiger partial charge on any atom is -0.294 e. The van der Waals surface area contributed by atoms with Gasteiger partial charge < -0.3 is 0 Å². The molecule has 6 nitrogen and oxygen atoms in total. The second-order valence-corrected chi connectivity index (χ2v) is 10.1. The Balaban J connectivity index is 1.60. The predicted octanol–water partition coefficient (Wildman–Crippen LogP) is 5.88. The monoisotopic (exact) mass is 555 g/mol. The molecule has 1 amide bonds. The van der Waals surface area contributed by atoms with E-state index in [1.807, 2.05) is 47.2 Å². The molecule has 0 saturated carbocycles. The van der Waals surface area contributed by atoms with Gasteiger partial charge in [0.15, 0.2) is 5.15 Å². The van der Waals surface area contributed by atoms with Crippen LogP contribution in [0.15, 0.2) is 82.7 Å². The van der Waals surface area contributed by atoms with E-state index in [0.29, 0.717) is 17.1 Å². The van der Waals surface area contributed by atoms with Crippen molar-refractivity contribution in [1.82, 2.24) is 14.3 Å². The number of carbonyl (C=O) groups excluding carboxylic acids is 1. The zero-order valence-corrected chi connectivity index (χ0v) is 21.1. The second kappa shape index (κ2) is 9.97. The molecule has 0 spiro atoms. The number of hydrogen-bond donors (Lipinski definition) is 1. The van der Waals surface area contributed by atoms with Crippen molar-refractivity contribution in [3.8, 4) is 5.69 Å². The summed E-state index contributed by atoms with van der Waals surface area (Å²) in [5, 5.41) is 3.20. The van der Waals surface area contributed by atoms with E-state index in [0.717, 1.165) is 32.4 Å². The van der Waals surface area contributed by atoms with Crippen LogP contribution in [0.25, 0.3) is 28.6 Å². The molecule has 0 aliphatic heterocycles. The lowest BCUT2D eigenvalue weighted by molar-refractivity contribution is -0.114. The van der Waals surface area contributed by atoms with Crippen molar-refractivity contribution in [1.29, 1.82) is 0 Å². The van der Waals surface area contributed by atoms with Crippen molar-refractivity contribution in [2.75, 3.05) is 0 Å². The summed E-state index contributed by atoms with van der Waals surface area (Å²) >= 11 is 10.0. The van der Waals surface area contributed by atoms with Gasteiger partial charge in [-0.25, -0.2) is 18.1 Å². The van der Waals surface area contributed by atoms with Crippen LogP contribution >= 0.6 is 27.5 Å². The number of rotatable bonds is 6. The molecule has 1 aromatic heterocycles. The molecule has 1 heterocycles. The summed E-state index contributed by atoms with van der Waals surface area (Å²) in [7, 11) is -3.98. The van der Waals surface area contributed by atoms with Gasteiger partial charge in [-0.3, -0.25) is 9.36 Å². The predicted molar refractivity (Wildman–Crippen MR) is 140 cm³/mol. The third-order valence-electron chi connectivity index (χ3n) is 4.99. The number of nitrogens with zero attached hydrogens (tertiary/aromatic N) is 2. The van der Waals surface area contributed by atoms with Gasteiger partial charge in [0.05, 0.1) is 16.8 Å². The Labute approximate surface area is 210 Å². The fraction of sp³-hybridized carbons (Fsp3) is 0.0400. The van der Waals surface area contributed by atoms with Crippen LogP contribution in [0.1, 0.15) is 17.1 Å². The summed E-state index contributed by atoms with van der Waals surface area (Å²) in [6.45, 7) is 1.80. The van der Waals surface area contributed by atoms with Gasteiger partial charge in [-0.2, -0.15) is 0 Å². The van der Waals surface area contributed by atoms with Crippen molar-refractivity contribution in [2.45, 2.75) is 6.92 Å². The highest BCUT2D eigenvalue weighted by Gasteiger charge is 2.17. The molecule has 0 radical (unpaired) electrons. The van der Waals surface area contributed by atoms with Crippen molar-refractivity contribution < 1.29 is 13.2 Å². The lowest BCUT2D eigenvalue weighted by Gasteiger charge is -2.13. The van der Waals surface area contributed by atoms with Gasteiger partial charge in [0, 0.05) is 10.5 Å². The number of aromatic nitrogens is 2. The summed E-state index contributed by atoms with van der Waals surface area (Å²) in [5.74, 6) is -0.198. The highest BCUT2D eigenvalue weighted by Crippen LogP contribution is 2.33. The number of halogens is 2. The maximum absolute atomic E-state index is 12.4. The van der Waals surface area contributed by atoms with Crippen LogP contribution in [0.3, 0.4) is 0 Å². The van der Waals surface area contributed by atoms with E-state index in [-0.39, 0.29) is 5.15 Å². The average molecular weight is 557 g/mol. The van der Waals surface area contributed by atoms with Gasteiger partial charge in [0.25, 0.3) is 15.9 Å². The molecule has 0 aliphatic carbocycles. The smallest absolute Gasteiger partial charge is 0.257 e. The first-order valence-corrected chi connectivity index (χ1v) is 12.9. The molecule has 34 heavy (non-hydrogen) atoms. The molecular formula is C25H19BrClN3O3S. The highest BCUT2D eigenvalue weighted by molar-refractivity contribution is 9.10. The maximum atomic E-state index is 12.4. The number of nitrogens with one attached hydrogen (secondary N) is 1. The molecule has 9 heteroatoms. The van der Waals surface area contributed by atoms with Gasteiger partial charge in [0.2, 0.25) is 0 Å². The topological polar surface area (TPSA) is 81.1 Å². The van der Waals surface area contributed by atoms with Gasteiger partial charge in [-0.1, -0.05) is 72.3 Å². The minimum absolute atomic E-state index is 0.188. The molecule has 1 N–H and O–H groups in total. The minimum atomic E-state index is -3.98. The van der Waals surface area contributed by atoms with Crippen LogP contribution in [0.4, 0.5) is 0 Å². The van der Waals surface area contributed by atoms with E-state index in [4.69, 9.17) is 11.6 Å². The normalized spacial score (nSPS) is 12.1. The standard InChI is InChI=1S/C25H19BrClN3O3S/c1-17-28-25(27)22(30(17)21-12-11-19-9-5-6-10-20(19)24(21)26)13-14-23(31)29-34(32,33)16-15-18-7-3-2-4-8-18/h2-16H,1H3,(H,29,31)/b14-13+,16-15+. The highest BCUT2D eigenvalue weighted by atomic mass is 79.9. The van der Waals surface area contributed by atoms with Crippen LogP contribution in [-0.4, -0.2) is 23.9 Å². The Morgan fingerprint density at radius 1 is 1.03 bits per heavy atom. The lowest BCUT2D eigenvalue weighted by atomic mass is 10.1. The number of imidazole rings is 1. The number of fused-ring (bicyclic) bond motifs is 1. The Morgan fingerprint density at radius 3 is 2.50 bits per heavy atom. The molecule has 0 unspecified atom stereocenters. The Hall–Kier alpha value is -3.20. The maximum Gasteiger partial charge on any atom is 0.257 e. The van der Waals surface area contributed by atoms with Gasteiger partial charge in [-0.05, 0) is 57.4 Å². The molecule has 0 atom stereocenters. The largest absolute Gasteiger partial charge is 0.294 e. The first-order valence-electron chi connectivity index (χ1n) is 10.2. The summed E-state index contributed by atoms with van der Waals surface area (Å²) in [6, 6.07) is 20.7. The number of aryl methyl sites for hydroxylation is 1. The fourth-order valence-electron chi connectivity index (χ4n) is 3.45. The lowest BCUT2D eigenvalue weighted by Crippen LogP contribution is -2.26. The van der Waals surface area contributed by atoms with E-state index >= 15 is 0 Å². The third-order valence-corrected chi connectivity index (χ3v) is 7.09. The quantitative estimate of drug-likeness (QED) is 0.301. The van der Waals surface area contributed by atoms with Crippen molar-refractivity contribution in [3.05, 3.63) is 105 Å². The molecule has 0 saturated heterocycles. The molecule has 0 fully saturated rings. The fourth-order valence-corrected chi connectivity index (χ4v) is 5.15. The Kier molecular flexibility index (Phi) is 7.02. The Morgan fingerprint density at radius 2 is 1.74 bits per heavy atom. The van der Waals surface area contributed by atoms with E-state index < -0.39 is 15.9 Å². The van der Waals surface area contributed by atoms with Crippen LogP contribution in [0.2, 0.25) is 5.15 Å². The number of benzene rings is 3. The summed E-state index contributed by atoms with van der Waals surface area (Å²) in [5.41, 5.74) is 1.93. The van der Waals surface area contributed by atoms with Gasteiger partial charge in [-0.15, -0.1) is 0 Å². The molecular weight excluding hydrogens is 538 g/mol. The summed E-state index contributed by atoms with van der Waals surface area (Å²) in [4.78, 5) is 16.7. The van der Waals surface area contributed by atoms with E-state index in [1.54, 1.807) is 35.8 Å². The zero-order chi connectivity index (χ0) is 24.3. The Bertz CT molecular complexity index is 1540. The third kappa shape index (κ3) is 5.30. The van der Waals surface area contributed by atoms with Crippen molar-refractivity contribution in [3.63, 3.8) is 0 Å². The molecule has 4 aromatic rings. The molecule has 3 aromatic carbocycles. The second-order valence-electron chi connectivity index (χ2n) is 7.35. The molecule has 172 valence electrons. The number of carbonyl (C=O) groups is 1. The van der Waals surface area contributed by atoms with E-state index in [2.05, 4.69) is 20.9 Å². The molecule has 0 bridgehead atoms. The number of hydrogen-bond acceptors (Lipinski definition) is 4. The van der Waals surface area contributed by atoms with E-state index in [1.165, 1.54) is 12.2 Å². The summed E-state index contributed by atoms with van der Waals surface area (Å²) in [6.07, 6.45) is 3.96. The number of sulfonamides is 1. The molecule has 0 aliphatic rings. The van der Waals surface area contributed by atoms with Crippen LogP contribution in [0.5, 0.6) is 0 Å². The summed E-state index contributed by atoms with van der Waals surface area (Å²) < 4.78 is 29.1. The number of amides is 1. The first-order chi connectivity index (χ1) is 16.2. The van der Waals surface area contributed by atoms with E-state index in [9.17, 15) is 13.2 Å². The van der Waals surface area contributed by atoms with Gasteiger partial charge >= 0.3 is 0 Å². The van der Waals surface area contributed by atoms with Crippen molar-refractivity contribution >= 4 is 66.4 Å². The molecule has 4 rings (SSSR count). The van der Waals surface area contributed by atoms with Crippen LogP contribution in [-0.2, 0) is 14.8 Å². The average Bonchev–Trinajstić information content (AvgIpc) is 3.10. The SMILES string of the molecule is Cc1nc(Cl)c(/C=C/C(=O)NS(=O)(=O)/C=C/c2ccccc2)n1-c1ccc2ccccc2c1Br. The van der Waals surface area contributed by atoms with Gasteiger partial charge in [0.1, 0.15) is 5.82 Å². The zero-order valence-electron chi connectivity index (χ0n) is 17.9. The van der Waals surface area contributed by atoms with Crippen LogP contribution in [0, 0.1) is 6.92 Å². The first kappa shape index (κ1) is 23.9. The van der Waals surface area contributed by atoms with Crippen molar-refractivity contribution in [2.24, 2.45) is 0 Å².